The maximum atomic E-state index is 5.78. The summed E-state index contributed by atoms with van der Waals surface area (Å²) in [6.07, 6.45) is 1.77. The molecule has 3 rings (SSSR count). The molecular weight excluding hydrogens is 294 g/mol. The Morgan fingerprint density at radius 3 is 2.78 bits per heavy atom. The second-order valence-electron chi connectivity index (χ2n) is 4.14. The summed E-state index contributed by atoms with van der Waals surface area (Å²) in [4.78, 5) is 4.32. The van der Waals surface area contributed by atoms with Crippen molar-refractivity contribution < 1.29 is 9.47 Å². The Morgan fingerprint density at radius 1 is 1.17 bits per heavy atom. The largest absolute Gasteiger partial charge is 0.473 e. The highest BCUT2D eigenvalue weighted by molar-refractivity contribution is 9.10. The first-order chi connectivity index (χ1) is 8.84. The standard InChI is InChI=1S/C14H12BrNO2/c15-13-6-16-14(12-9-17-8-11(12)13)18-7-10-4-2-1-3-5-10/h1-6H,7-9H2. The van der Waals surface area contributed by atoms with Crippen LogP contribution < -0.4 is 4.74 Å². The maximum absolute atomic E-state index is 5.78. The van der Waals surface area contributed by atoms with Crippen molar-refractivity contribution >= 4 is 15.9 Å². The van der Waals surface area contributed by atoms with Gasteiger partial charge in [0.05, 0.1) is 13.2 Å². The Morgan fingerprint density at radius 2 is 1.94 bits per heavy atom. The summed E-state index contributed by atoms with van der Waals surface area (Å²) in [5, 5.41) is 0. The molecule has 2 heterocycles. The predicted octanol–water partition coefficient (Wildman–Crippen LogP) is 3.45. The highest BCUT2D eigenvalue weighted by atomic mass is 79.9. The zero-order valence-electron chi connectivity index (χ0n) is 9.73. The number of hydrogen-bond donors (Lipinski definition) is 0. The van der Waals surface area contributed by atoms with E-state index >= 15 is 0 Å². The van der Waals surface area contributed by atoms with Crippen molar-refractivity contribution in [2.24, 2.45) is 0 Å². The van der Waals surface area contributed by atoms with Crippen LogP contribution in [0.25, 0.3) is 0 Å². The minimum Gasteiger partial charge on any atom is -0.473 e. The first-order valence-corrected chi connectivity index (χ1v) is 6.54. The summed E-state index contributed by atoms with van der Waals surface area (Å²) in [5.74, 6) is 0.676. The van der Waals surface area contributed by atoms with Crippen LogP contribution in [-0.4, -0.2) is 4.98 Å². The number of aromatic nitrogens is 1. The van der Waals surface area contributed by atoms with Crippen LogP contribution in [0.4, 0.5) is 0 Å². The fourth-order valence-corrected chi connectivity index (χ4v) is 2.41. The molecule has 92 valence electrons. The van der Waals surface area contributed by atoms with E-state index in [0.717, 1.165) is 21.2 Å². The highest BCUT2D eigenvalue weighted by Crippen LogP contribution is 2.32. The zero-order chi connectivity index (χ0) is 12.4. The number of pyridine rings is 1. The molecule has 2 aromatic rings. The molecule has 1 aromatic carbocycles. The Labute approximate surface area is 114 Å². The molecule has 0 radical (unpaired) electrons. The van der Waals surface area contributed by atoms with Crippen LogP contribution in [0.15, 0.2) is 41.0 Å². The Hall–Kier alpha value is -1.39. The van der Waals surface area contributed by atoms with Crippen LogP contribution in [-0.2, 0) is 24.6 Å². The molecule has 0 amide bonds. The van der Waals surface area contributed by atoms with E-state index in [4.69, 9.17) is 9.47 Å². The molecule has 1 aliphatic heterocycles. The van der Waals surface area contributed by atoms with Crippen molar-refractivity contribution in [2.75, 3.05) is 0 Å². The third-order valence-corrected chi connectivity index (χ3v) is 3.60. The summed E-state index contributed by atoms with van der Waals surface area (Å²) in [6.45, 7) is 1.73. The number of benzene rings is 1. The van der Waals surface area contributed by atoms with Crippen molar-refractivity contribution in [2.45, 2.75) is 19.8 Å². The third kappa shape index (κ3) is 2.26. The molecule has 0 unspecified atom stereocenters. The van der Waals surface area contributed by atoms with Gasteiger partial charge in [-0.2, -0.15) is 0 Å². The zero-order valence-corrected chi connectivity index (χ0v) is 11.3. The number of ether oxygens (including phenoxy) is 2. The fourth-order valence-electron chi connectivity index (χ4n) is 1.95. The minimum atomic E-state index is 0.530. The smallest absolute Gasteiger partial charge is 0.219 e. The first kappa shape index (κ1) is 11.7. The Balaban J connectivity index is 1.80. The second kappa shape index (κ2) is 5.08. The predicted molar refractivity (Wildman–Crippen MR) is 71.2 cm³/mol. The van der Waals surface area contributed by atoms with Crippen molar-refractivity contribution in [1.29, 1.82) is 0 Å². The quantitative estimate of drug-likeness (QED) is 0.870. The molecule has 0 aliphatic carbocycles. The highest BCUT2D eigenvalue weighted by Gasteiger charge is 2.20. The van der Waals surface area contributed by atoms with Gasteiger partial charge in [-0.05, 0) is 21.5 Å². The summed E-state index contributed by atoms with van der Waals surface area (Å²) >= 11 is 3.48. The lowest BCUT2D eigenvalue weighted by molar-refractivity contribution is 0.132. The molecule has 0 saturated heterocycles. The summed E-state index contributed by atoms with van der Waals surface area (Å²) in [6, 6.07) is 10.1. The lowest BCUT2D eigenvalue weighted by Gasteiger charge is -2.09. The van der Waals surface area contributed by atoms with E-state index in [1.807, 2.05) is 30.3 Å². The average Bonchev–Trinajstić information content (AvgIpc) is 2.90. The van der Waals surface area contributed by atoms with E-state index in [2.05, 4.69) is 20.9 Å². The minimum absolute atomic E-state index is 0.530. The van der Waals surface area contributed by atoms with Crippen molar-refractivity contribution in [1.82, 2.24) is 4.98 Å². The normalized spacial score (nSPS) is 13.4. The van der Waals surface area contributed by atoms with Gasteiger partial charge in [-0.25, -0.2) is 4.98 Å². The molecule has 3 nitrogen and oxygen atoms in total. The molecule has 1 aromatic heterocycles. The first-order valence-electron chi connectivity index (χ1n) is 5.75. The molecule has 4 heteroatoms. The van der Waals surface area contributed by atoms with Gasteiger partial charge in [0.2, 0.25) is 5.88 Å². The molecule has 18 heavy (non-hydrogen) atoms. The van der Waals surface area contributed by atoms with Gasteiger partial charge in [-0.1, -0.05) is 30.3 Å². The SMILES string of the molecule is Brc1cnc(OCc2ccccc2)c2c1COC2. The number of halogens is 1. The van der Waals surface area contributed by atoms with Gasteiger partial charge in [-0.3, -0.25) is 0 Å². The maximum Gasteiger partial charge on any atom is 0.219 e. The lowest BCUT2D eigenvalue weighted by atomic mass is 10.2. The van der Waals surface area contributed by atoms with Gasteiger partial charge in [0.15, 0.2) is 0 Å². The summed E-state index contributed by atoms with van der Waals surface area (Å²) in [5.41, 5.74) is 3.34. The van der Waals surface area contributed by atoms with Gasteiger partial charge >= 0.3 is 0 Å². The van der Waals surface area contributed by atoms with Crippen molar-refractivity contribution in [3.05, 3.63) is 57.7 Å². The van der Waals surface area contributed by atoms with E-state index < -0.39 is 0 Å². The van der Waals surface area contributed by atoms with Gasteiger partial charge in [-0.15, -0.1) is 0 Å². The topological polar surface area (TPSA) is 31.4 Å². The fraction of sp³-hybridized carbons (Fsp3) is 0.214. The van der Waals surface area contributed by atoms with Crippen LogP contribution in [0.1, 0.15) is 16.7 Å². The van der Waals surface area contributed by atoms with Gasteiger partial charge in [0.25, 0.3) is 0 Å². The van der Waals surface area contributed by atoms with E-state index in [0.29, 0.717) is 25.7 Å². The molecule has 1 aliphatic rings. The van der Waals surface area contributed by atoms with Crippen molar-refractivity contribution in [3.63, 3.8) is 0 Å². The van der Waals surface area contributed by atoms with Crippen LogP contribution in [0.5, 0.6) is 5.88 Å². The van der Waals surface area contributed by atoms with E-state index in [1.54, 1.807) is 6.20 Å². The van der Waals surface area contributed by atoms with Crippen LogP contribution in [0.2, 0.25) is 0 Å². The second-order valence-corrected chi connectivity index (χ2v) is 4.99. The van der Waals surface area contributed by atoms with E-state index in [9.17, 15) is 0 Å². The lowest BCUT2D eigenvalue weighted by Crippen LogP contribution is -2.01. The number of fused-ring (bicyclic) bond motifs is 1. The monoisotopic (exact) mass is 305 g/mol. The third-order valence-electron chi connectivity index (χ3n) is 2.92. The van der Waals surface area contributed by atoms with E-state index in [1.165, 1.54) is 0 Å². The van der Waals surface area contributed by atoms with Gasteiger partial charge in [0, 0.05) is 21.8 Å². The molecule has 0 N–H and O–H groups in total. The molecule has 0 saturated carbocycles. The summed E-state index contributed by atoms with van der Waals surface area (Å²) < 4.78 is 12.2. The average molecular weight is 306 g/mol. The molecular formula is C14H12BrNO2. The van der Waals surface area contributed by atoms with Crippen molar-refractivity contribution in [3.8, 4) is 5.88 Å². The van der Waals surface area contributed by atoms with Crippen LogP contribution >= 0.6 is 15.9 Å². The van der Waals surface area contributed by atoms with Crippen LogP contribution in [0, 0.1) is 0 Å². The van der Waals surface area contributed by atoms with Gasteiger partial charge < -0.3 is 9.47 Å². The summed E-state index contributed by atoms with van der Waals surface area (Å²) in [7, 11) is 0. The number of hydrogen-bond acceptors (Lipinski definition) is 3. The van der Waals surface area contributed by atoms with Gasteiger partial charge in [0.1, 0.15) is 6.61 Å². The Bertz CT molecular complexity index is 557. The number of rotatable bonds is 3. The van der Waals surface area contributed by atoms with Crippen LogP contribution in [0.3, 0.4) is 0 Å². The molecule has 0 fully saturated rings. The van der Waals surface area contributed by atoms with E-state index in [-0.39, 0.29) is 0 Å². The molecule has 0 atom stereocenters. The number of nitrogens with zero attached hydrogens (tertiary/aromatic N) is 1. The molecule has 0 bridgehead atoms. The molecule has 0 spiro atoms. The Kier molecular flexibility index (Phi) is 3.30.